The highest BCUT2D eigenvalue weighted by atomic mass is 79.9. The van der Waals surface area contributed by atoms with Crippen LogP contribution in [0.5, 0.6) is 0 Å². The topological polar surface area (TPSA) is 0 Å². The Hall–Kier alpha value is -0.450. The van der Waals surface area contributed by atoms with Gasteiger partial charge in [-0.15, -0.1) is 6.42 Å². The largest absolute Gasteiger partial charge is 0.119 e. The number of terminal acetylenes is 1. The third-order valence-electron chi connectivity index (χ3n) is 2.47. The van der Waals surface area contributed by atoms with Crippen molar-refractivity contribution in [1.29, 1.82) is 0 Å². The van der Waals surface area contributed by atoms with Gasteiger partial charge in [0.1, 0.15) is 0 Å². The van der Waals surface area contributed by atoms with Gasteiger partial charge in [0.2, 0.25) is 0 Å². The Morgan fingerprint density at radius 2 is 2.15 bits per heavy atom. The van der Waals surface area contributed by atoms with Gasteiger partial charge >= 0.3 is 0 Å². The Morgan fingerprint density at radius 1 is 1.46 bits per heavy atom. The van der Waals surface area contributed by atoms with Crippen LogP contribution in [0.2, 0.25) is 5.02 Å². The van der Waals surface area contributed by atoms with E-state index in [1.807, 2.05) is 18.2 Å². The molecule has 0 saturated heterocycles. The molecule has 0 N–H and O–H groups in total. The Bertz CT molecular complexity index is 386. The molecule has 2 rings (SSSR count). The molecule has 0 bridgehead atoms. The predicted molar refractivity (Wildman–Crippen MR) is 58.9 cm³/mol. The normalized spacial score (nSPS) is 17.9. The quantitative estimate of drug-likeness (QED) is 0.670. The van der Waals surface area contributed by atoms with Crippen LogP contribution in [-0.2, 0) is 5.41 Å². The molecule has 1 saturated carbocycles. The van der Waals surface area contributed by atoms with Crippen LogP contribution >= 0.6 is 27.5 Å². The molecule has 0 aromatic heterocycles. The van der Waals surface area contributed by atoms with Crippen LogP contribution in [0.1, 0.15) is 18.4 Å². The zero-order valence-electron chi connectivity index (χ0n) is 6.98. The van der Waals surface area contributed by atoms with Crippen molar-refractivity contribution in [3.05, 3.63) is 33.3 Å². The van der Waals surface area contributed by atoms with Crippen molar-refractivity contribution < 1.29 is 0 Å². The first-order chi connectivity index (χ1) is 6.18. The summed E-state index contributed by atoms with van der Waals surface area (Å²) in [5.74, 6) is 2.83. The number of hydrogen-bond acceptors (Lipinski definition) is 0. The molecule has 0 radical (unpaired) electrons. The summed E-state index contributed by atoms with van der Waals surface area (Å²) in [6.45, 7) is 0. The van der Waals surface area contributed by atoms with Crippen LogP contribution in [0, 0.1) is 12.3 Å². The lowest BCUT2D eigenvalue weighted by molar-refractivity contribution is 0.930. The van der Waals surface area contributed by atoms with Crippen molar-refractivity contribution in [2.75, 3.05) is 0 Å². The molecular formula is C11H8BrCl. The number of hydrogen-bond donors (Lipinski definition) is 0. The second-order valence-corrected chi connectivity index (χ2v) is 4.67. The van der Waals surface area contributed by atoms with E-state index in [-0.39, 0.29) is 5.41 Å². The van der Waals surface area contributed by atoms with Crippen molar-refractivity contribution in [3.8, 4) is 12.3 Å². The van der Waals surface area contributed by atoms with Gasteiger partial charge < -0.3 is 0 Å². The number of rotatable bonds is 1. The van der Waals surface area contributed by atoms with Gasteiger partial charge in [-0.1, -0.05) is 33.5 Å². The monoisotopic (exact) mass is 254 g/mol. The van der Waals surface area contributed by atoms with Crippen LogP contribution in [0.3, 0.4) is 0 Å². The first-order valence-corrected chi connectivity index (χ1v) is 5.28. The smallest absolute Gasteiger partial charge is 0.0576 e. The fraction of sp³-hybridized carbons (Fsp3) is 0.273. The highest BCUT2D eigenvalue weighted by Crippen LogP contribution is 2.50. The Morgan fingerprint density at radius 3 is 2.69 bits per heavy atom. The van der Waals surface area contributed by atoms with E-state index in [4.69, 9.17) is 18.0 Å². The lowest BCUT2D eigenvalue weighted by Gasteiger charge is -2.10. The van der Waals surface area contributed by atoms with Crippen LogP contribution < -0.4 is 0 Å². The molecule has 2 heteroatoms. The SMILES string of the molecule is C#CC1(c2cc(Br)ccc2Cl)CC1. The molecule has 1 aliphatic carbocycles. The van der Waals surface area contributed by atoms with Crippen LogP contribution in [0.25, 0.3) is 0 Å². The molecule has 1 fully saturated rings. The summed E-state index contributed by atoms with van der Waals surface area (Å²) in [6.07, 6.45) is 7.61. The molecule has 1 aromatic rings. The van der Waals surface area contributed by atoms with Gasteiger partial charge in [-0.3, -0.25) is 0 Å². The van der Waals surface area contributed by atoms with Crippen LogP contribution in [0.4, 0.5) is 0 Å². The zero-order valence-corrected chi connectivity index (χ0v) is 9.32. The molecule has 0 spiro atoms. The minimum absolute atomic E-state index is 0.0686. The van der Waals surface area contributed by atoms with E-state index < -0.39 is 0 Å². The maximum absolute atomic E-state index is 6.08. The van der Waals surface area contributed by atoms with Crippen molar-refractivity contribution >= 4 is 27.5 Å². The summed E-state index contributed by atoms with van der Waals surface area (Å²) in [5, 5.41) is 0.777. The Kier molecular flexibility index (Phi) is 2.14. The molecule has 0 nitrogen and oxygen atoms in total. The third-order valence-corrected chi connectivity index (χ3v) is 3.29. The van der Waals surface area contributed by atoms with Gasteiger partial charge in [-0.2, -0.15) is 0 Å². The minimum atomic E-state index is -0.0686. The van der Waals surface area contributed by atoms with Crippen molar-refractivity contribution in [1.82, 2.24) is 0 Å². The summed E-state index contributed by atoms with van der Waals surface area (Å²) in [6, 6.07) is 5.84. The molecular weight excluding hydrogens is 247 g/mol. The van der Waals surface area contributed by atoms with E-state index in [2.05, 4.69) is 21.9 Å². The van der Waals surface area contributed by atoms with Gasteiger partial charge in [0.25, 0.3) is 0 Å². The lowest BCUT2D eigenvalue weighted by atomic mass is 9.97. The van der Waals surface area contributed by atoms with Gasteiger partial charge in [0, 0.05) is 9.50 Å². The molecule has 0 aliphatic heterocycles. The molecule has 0 unspecified atom stereocenters. The third kappa shape index (κ3) is 1.49. The highest BCUT2D eigenvalue weighted by molar-refractivity contribution is 9.10. The van der Waals surface area contributed by atoms with E-state index >= 15 is 0 Å². The zero-order chi connectivity index (χ0) is 9.47. The van der Waals surface area contributed by atoms with E-state index in [9.17, 15) is 0 Å². The van der Waals surface area contributed by atoms with Gasteiger partial charge in [0.15, 0.2) is 0 Å². The fourth-order valence-corrected chi connectivity index (χ4v) is 2.14. The second kappa shape index (κ2) is 3.04. The molecule has 0 amide bonds. The maximum Gasteiger partial charge on any atom is 0.0576 e. The van der Waals surface area contributed by atoms with E-state index in [0.717, 1.165) is 27.9 Å². The minimum Gasteiger partial charge on any atom is -0.119 e. The van der Waals surface area contributed by atoms with Crippen molar-refractivity contribution in [2.24, 2.45) is 0 Å². The van der Waals surface area contributed by atoms with Crippen molar-refractivity contribution in [2.45, 2.75) is 18.3 Å². The first-order valence-electron chi connectivity index (χ1n) is 4.11. The number of benzene rings is 1. The van der Waals surface area contributed by atoms with Crippen LogP contribution in [0.15, 0.2) is 22.7 Å². The van der Waals surface area contributed by atoms with E-state index in [1.54, 1.807) is 0 Å². The standard InChI is InChI=1S/C11H8BrCl/c1-2-11(5-6-11)9-7-8(12)3-4-10(9)13/h1,3-4,7H,5-6H2. The van der Waals surface area contributed by atoms with E-state index in [0.29, 0.717) is 0 Å². The molecule has 66 valence electrons. The summed E-state index contributed by atoms with van der Waals surface area (Å²) in [5.41, 5.74) is 1.02. The van der Waals surface area contributed by atoms with E-state index in [1.165, 1.54) is 0 Å². The Balaban J connectivity index is 2.52. The average molecular weight is 256 g/mol. The van der Waals surface area contributed by atoms with Crippen LogP contribution in [-0.4, -0.2) is 0 Å². The molecule has 13 heavy (non-hydrogen) atoms. The summed E-state index contributed by atoms with van der Waals surface area (Å²) in [7, 11) is 0. The van der Waals surface area contributed by atoms with Gasteiger partial charge in [-0.05, 0) is 36.6 Å². The summed E-state index contributed by atoms with van der Waals surface area (Å²) in [4.78, 5) is 0. The van der Waals surface area contributed by atoms with Crippen molar-refractivity contribution in [3.63, 3.8) is 0 Å². The molecule has 1 aliphatic rings. The molecule has 1 aromatic carbocycles. The number of halogens is 2. The Labute approximate surface area is 91.4 Å². The fourth-order valence-electron chi connectivity index (χ4n) is 1.48. The first kappa shape index (κ1) is 9.12. The lowest BCUT2D eigenvalue weighted by Crippen LogP contribution is -2.03. The van der Waals surface area contributed by atoms with Gasteiger partial charge in [-0.25, -0.2) is 0 Å². The summed E-state index contributed by atoms with van der Waals surface area (Å²) >= 11 is 9.50. The average Bonchev–Trinajstić information content (AvgIpc) is 2.90. The summed E-state index contributed by atoms with van der Waals surface area (Å²) < 4.78 is 1.04. The van der Waals surface area contributed by atoms with Gasteiger partial charge in [0.05, 0.1) is 5.41 Å². The molecule has 0 heterocycles. The molecule has 0 atom stereocenters. The maximum atomic E-state index is 6.08. The second-order valence-electron chi connectivity index (χ2n) is 3.35. The highest BCUT2D eigenvalue weighted by Gasteiger charge is 2.43. The predicted octanol–water partition coefficient (Wildman–Crippen LogP) is 3.77.